The molecule has 1 aromatic carbocycles. The van der Waals surface area contributed by atoms with Crippen LogP contribution in [0.5, 0.6) is 0 Å². The second-order valence-corrected chi connectivity index (χ2v) is 9.00. The van der Waals surface area contributed by atoms with Crippen LogP contribution >= 0.6 is 22.7 Å². The summed E-state index contributed by atoms with van der Waals surface area (Å²) in [5.41, 5.74) is 1.94. The zero-order chi connectivity index (χ0) is 18.7. The number of aryl methyl sites for hydroxylation is 2. The molecule has 26 heavy (non-hydrogen) atoms. The Kier molecular flexibility index (Phi) is 5.65. The fraction of sp³-hybridized carbons (Fsp3) is 0.350. The molecule has 0 atom stereocenters. The SMILES string of the molecule is Cc1ccc(CCC(=O)c2nc(-c3nccs3)sc2CC(C)(C)O)cc1. The molecule has 0 aliphatic carbocycles. The van der Waals surface area contributed by atoms with Crippen molar-refractivity contribution in [2.45, 2.75) is 45.6 Å². The summed E-state index contributed by atoms with van der Waals surface area (Å²) in [6.07, 6.45) is 3.23. The molecule has 0 spiro atoms. The van der Waals surface area contributed by atoms with Crippen molar-refractivity contribution in [3.63, 3.8) is 0 Å². The minimum atomic E-state index is -0.890. The Balaban J connectivity index is 1.81. The van der Waals surface area contributed by atoms with Gasteiger partial charge in [-0.2, -0.15) is 0 Å². The second-order valence-electron chi connectivity index (χ2n) is 7.03. The van der Waals surface area contributed by atoms with Crippen LogP contribution in [0.2, 0.25) is 0 Å². The molecule has 0 saturated carbocycles. The van der Waals surface area contributed by atoms with E-state index >= 15 is 0 Å². The summed E-state index contributed by atoms with van der Waals surface area (Å²) in [7, 11) is 0. The van der Waals surface area contributed by atoms with Gasteiger partial charge in [-0.3, -0.25) is 4.79 Å². The quantitative estimate of drug-likeness (QED) is 0.598. The van der Waals surface area contributed by atoms with Crippen LogP contribution in [0.25, 0.3) is 10.0 Å². The van der Waals surface area contributed by atoms with E-state index in [0.29, 0.717) is 25.0 Å². The smallest absolute Gasteiger partial charge is 0.182 e. The van der Waals surface area contributed by atoms with Crippen molar-refractivity contribution < 1.29 is 9.90 Å². The average molecular weight is 387 g/mol. The molecule has 0 aliphatic heterocycles. The largest absolute Gasteiger partial charge is 0.390 e. The molecule has 0 unspecified atom stereocenters. The minimum absolute atomic E-state index is 0.0175. The van der Waals surface area contributed by atoms with Crippen molar-refractivity contribution in [1.82, 2.24) is 9.97 Å². The maximum Gasteiger partial charge on any atom is 0.182 e. The number of thiazole rings is 2. The third kappa shape index (κ3) is 4.84. The number of hydrogen-bond donors (Lipinski definition) is 1. The van der Waals surface area contributed by atoms with Gasteiger partial charge in [-0.15, -0.1) is 22.7 Å². The van der Waals surface area contributed by atoms with Gasteiger partial charge in [0.25, 0.3) is 0 Å². The molecule has 4 nitrogen and oxygen atoms in total. The number of nitrogens with zero attached hydrogens (tertiary/aromatic N) is 2. The summed E-state index contributed by atoms with van der Waals surface area (Å²) in [5.74, 6) is 0.0175. The Morgan fingerprint density at radius 1 is 1.19 bits per heavy atom. The number of ketones is 1. The van der Waals surface area contributed by atoms with Gasteiger partial charge >= 0.3 is 0 Å². The molecule has 1 N–H and O–H groups in total. The lowest BCUT2D eigenvalue weighted by atomic mass is 10.00. The lowest BCUT2D eigenvalue weighted by Crippen LogP contribution is -2.22. The predicted molar refractivity (Wildman–Crippen MR) is 107 cm³/mol. The second kappa shape index (κ2) is 7.78. The van der Waals surface area contributed by atoms with Crippen molar-refractivity contribution in [3.8, 4) is 10.0 Å². The molecule has 0 amide bonds. The Hall–Kier alpha value is -1.89. The van der Waals surface area contributed by atoms with Crippen molar-refractivity contribution in [2.24, 2.45) is 0 Å². The Morgan fingerprint density at radius 3 is 2.54 bits per heavy atom. The van der Waals surface area contributed by atoms with Gasteiger partial charge in [0.05, 0.1) is 5.60 Å². The van der Waals surface area contributed by atoms with Gasteiger partial charge in [-0.05, 0) is 32.8 Å². The van der Waals surface area contributed by atoms with Crippen LogP contribution < -0.4 is 0 Å². The van der Waals surface area contributed by atoms with Crippen LogP contribution in [0.4, 0.5) is 0 Å². The van der Waals surface area contributed by atoms with E-state index in [0.717, 1.165) is 20.5 Å². The highest BCUT2D eigenvalue weighted by atomic mass is 32.1. The van der Waals surface area contributed by atoms with Gasteiger partial charge in [-0.1, -0.05) is 29.8 Å². The minimum Gasteiger partial charge on any atom is -0.390 e. The van der Waals surface area contributed by atoms with E-state index < -0.39 is 5.60 Å². The number of rotatable bonds is 7. The van der Waals surface area contributed by atoms with Crippen LogP contribution in [0.1, 0.15) is 46.8 Å². The van der Waals surface area contributed by atoms with Crippen LogP contribution in [-0.2, 0) is 12.8 Å². The van der Waals surface area contributed by atoms with E-state index in [1.165, 1.54) is 28.2 Å². The van der Waals surface area contributed by atoms with Crippen LogP contribution in [0.15, 0.2) is 35.8 Å². The number of carbonyl (C=O) groups is 1. The molecule has 0 radical (unpaired) electrons. The van der Waals surface area contributed by atoms with E-state index in [-0.39, 0.29) is 5.78 Å². The first-order valence-electron chi connectivity index (χ1n) is 8.52. The molecule has 2 aromatic heterocycles. The van der Waals surface area contributed by atoms with Gasteiger partial charge in [0.15, 0.2) is 15.8 Å². The van der Waals surface area contributed by atoms with Gasteiger partial charge in [0.2, 0.25) is 0 Å². The Labute approximate surface area is 161 Å². The lowest BCUT2D eigenvalue weighted by molar-refractivity contribution is 0.0812. The van der Waals surface area contributed by atoms with E-state index in [2.05, 4.69) is 34.2 Å². The van der Waals surface area contributed by atoms with Crippen LogP contribution in [0, 0.1) is 6.92 Å². The number of aromatic nitrogens is 2. The summed E-state index contributed by atoms with van der Waals surface area (Å²) in [5, 5.41) is 13.7. The monoisotopic (exact) mass is 386 g/mol. The average Bonchev–Trinajstić information content (AvgIpc) is 3.22. The maximum atomic E-state index is 12.8. The molecule has 3 aromatic rings. The highest BCUT2D eigenvalue weighted by Gasteiger charge is 2.24. The van der Waals surface area contributed by atoms with E-state index in [9.17, 15) is 9.90 Å². The normalized spacial score (nSPS) is 11.7. The summed E-state index contributed by atoms with van der Waals surface area (Å²) in [6.45, 7) is 5.54. The number of aliphatic hydroxyl groups is 1. The summed E-state index contributed by atoms with van der Waals surface area (Å²) in [6, 6.07) is 8.23. The zero-order valence-electron chi connectivity index (χ0n) is 15.2. The third-order valence-corrected chi connectivity index (χ3v) is 5.90. The molecule has 0 bridgehead atoms. The van der Waals surface area contributed by atoms with E-state index in [4.69, 9.17) is 0 Å². The van der Waals surface area contributed by atoms with E-state index in [1.807, 2.05) is 12.3 Å². The van der Waals surface area contributed by atoms with Gasteiger partial charge in [0.1, 0.15) is 5.69 Å². The first-order valence-corrected chi connectivity index (χ1v) is 10.2. The highest BCUT2D eigenvalue weighted by Crippen LogP contribution is 2.32. The highest BCUT2D eigenvalue weighted by molar-refractivity contribution is 7.20. The number of Topliss-reactive ketones (excluding diaryl/α,β-unsaturated/α-hetero) is 1. The third-order valence-electron chi connectivity index (χ3n) is 3.93. The first-order chi connectivity index (χ1) is 12.3. The first kappa shape index (κ1) is 18.9. The Morgan fingerprint density at radius 2 is 1.92 bits per heavy atom. The standard InChI is InChI=1S/C20H22N2O2S2/c1-13-4-6-14(7-5-13)8-9-15(23)17-16(12-20(2,3)24)26-19(22-17)18-21-10-11-25-18/h4-7,10-11,24H,8-9,12H2,1-3H3. The van der Waals surface area contributed by atoms with Gasteiger partial charge in [-0.25, -0.2) is 9.97 Å². The summed E-state index contributed by atoms with van der Waals surface area (Å²) in [4.78, 5) is 22.5. The summed E-state index contributed by atoms with van der Waals surface area (Å²) >= 11 is 2.95. The van der Waals surface area contributed by atoms with Crippen LogP contribution in [0.3, 0.4) is 0 Å². The van der Waals surface area contributed by atoms with Crippen molar-refractivity contribution in [3.05, 3.63) is 57.5 Å². The van der Waals surface area contributed by atoms with Crippen LogP contribution in [-0.4, -0.2) is 26.5 Å². The molecule has 136 valence electrons. The number of hydrogen-bond acceptors (Lipinski definition) is 6. The number of benzene rings is 1. The summed E-state index contributed by atoms with van der Waals surface area (Å²) < 4.78 is 0. The van der Waals surface area contributed by atoms with Gasteiger partial charge < -0.3 is 5.11 Å². The molecule has 2 heterocycles. The maximum absolute atomic E-state index is 12.8. The fourth-order valence-electron chi connectivity index (χ4n) is 2.63. The molecule has 6 heteroatoms. The zero-order valence-corrected chi connectivity index (χ0v) is 16.8. The van der Waals surface area contributed by atoms with Crippen molar-refractivity contribution in [2.75, 3.05) is 0 Å². The lowest BCUT2D eigenvalue weighted by Gasteiger charge is -2.16. The molecule has 0 fully saturated rings. The van der Waals surface area contributed by atoms with Crippen molar-refractivity contribution >= 4 is 28.5 Å². The number of carbonyl (C=O) groups excluding carboxylic acids is 1. The van der Waals surface area contributed by atoms with Gasteiger partial charge in [0, 0.05) is 29.3 Å². The fourth-order valence-corrected chi connectivity index (χ4v) is 4.61. The molecule has 3 rings (SSSR count). The molecule has 0 aliphatic rings. The molecular weight excluding hydrogens is 364 g/mol. The van der Waals surface area contributed by atoms with Crippen molar-refractivity contribution in [1.29, 1.82) is 0 Å². The topological polar surface area (TPSA) is 63.1 Å². The predicted octanol–water partition coefficient (Wildman–Crippen LogP) is 4.70. The molecule has 0 saturated heterocycles. The van der Waals surface area contributed by atoms with E-state index in [1.54, 1.807) is 20.0 Å². The Bertz CT molecular complexity index is 876. The molecular formula is C20H22N2O2S2.